The number of carbonyl (C=O) groups is 1. The number of thiazole rings is 1. The first-order valence-corrected chi connectivity index (χ1v) is 11.7. The molecule has 1 aliphatic rings. The first-order valence-electron chi connectivity index (χ1n) is 10.0. The number of nitrogens with zero attached hydrogens (tertiary/aromatic N) is 2. The second-order valence-corrected chi connectivity index (χ2v) is 8.96. The molecule has 0 aliphatic heterocycles. The number of aryl methyl sites for hydroxylation is 1. The van der Waals surface area contributed by atoms with Gasteiger partial charge in [-0.3, -0.25) is 0 Å². The topological polar surface area (TPSA) is 75.0 Å². The van der Waals surface area contributed by atoms with Crippen LogP contribution in [0.25, 0.3) is 16.8 Å². The molecule has 1 aliphatic carbocycles. The van der Waals surface area contributed by atoms with E-state index in [9.17, 15) is 14.4 Å². The van der Waals surface area contributed by atoms with Gasteiger partial charge in [0.05, 0.1) is 17.9 Å². The number of benzene rings is 1. The summed E-state index contributed by atoms with van der Waals surface area (Å²) in [5, 5.41) is 15.9. The summed E-state index contributed by atoms with van der Waals surface area (Å²) < 4.78 is 18.4. The van der Waals surface area contributed by atoms with Crippen LogP contribution in [0.15, 0.2) is 35.8 Å². The Morgan fingerprint density at radius 1 is 1.32 bits per heavy atom. The summed E-state index contributed by atoms with van der Waals surface area (Å²) >= 11 is 2.89. The van der Waals surface area contributed by atoms with Crippen molar-refractivity contribution in [2.75, 3.05) is 11.9 Å². The summed E-state index contributed by atoms with van der Waals surface area (Å²) in [7, 11) is 0. The van der Waals surface area contributed by atoms with Crippen LogP contribution >= 0.6 is 22.7 Å². The van der Waals surface area contributed by atoms with Gasteiger partial charge in [0.2, 0.25) is 0 Å². The average Bonchev–Trinajstić information content (AvgIpc) is 3.40. The van der Waals surface area contributed by atoms with Crippen molar-refractivity contribution in [3.8, 4) is 17.3 Å². The first kappa shape index (κ1) is 21.2. The highest BCUT2D eigenvalue weighted by molar-refractivity contribution is 7.16. The Hall–Kier alpha value is -3.02. The third-order valence-corrected chi connectivity index (χ3v) is 7.09. The Bertz CT molecular complexity index is 1170. The smallest absolute Gasteiger partial charge is 0.341 e. The SMILES string of the molecule is CCOC(=O)c1c(NC=C(C#N)c2nc(-c3ccc(F)cc3)cs2)sc2c1CCCC2. The number of nitrogens with one attached hydrogen (secondary N) is 1. The fourth-order valence-corrected chi connectivity index (χ4v) is 5.56. The third-order valence-electron chi connectivity index (χ3n) is 4.99. The molecule has 8 heteroatoms. The number of hydrogen-bond donors (Lipinski definition) is 1. The number of fused-ring (bicyclic) bond motifs is 1. The van der Waals surface area contributed by atoms with E-state index in [0.717, 1.165) is 36.8 Å². The molecule has 5 nitrogen and oxygen atoms in total. The molecule has 0 saturated heterocycles. The molecule has 1 N–H and O–H groups in total. The zero-order chi connectivity index (χ0) is 21.8. The zero-order valence-electron chi connectivity index (χ0n) is 16.9. The normalized spacial score (nSPS) is 13.4. The number of carbonyl (C=O) groups excluding carboxylic acids is 1. The minimum Gasteiger partial charge on any atom is -0.462 e. The van der Waals surface area contributed by atoms with Gasteiger partial charge in [0.15, 0.2) is 0 Å². The molecule has 0 atom stereocenters. The number of aromatic nitrogens is 1. The lowest BCUT2D eigenvalue weighted by Gasteiger charge is -2.12. The van der Waals surface area contributed by atoms with Gasteiger partial charge < -0.3 is 10.1 Å². The molecule has 2 aromatic heterocycles. The number of allylic oxidation sites excluding steroid dienone is 1. The molecule has 4 rings (SSSR count). The van der Waals surface area contributed by atoms with E-state index in [4.69, 9.17) is 4.74 Å². The Morgan fingerprint density at radius 2 is 2.10 bits per heavy atom. The van der Waals surface area contributed by atoms with Gasteiger partial charge in [-0.25, -0.2) is 14.2 Å². The zero-order valence-corrected chi connectivity index (χ0v) is 18.5. The van der Waals surface area contributed by atoms with E-state index < -0.39 is 0 Å². The Kier molecular flexibility index (Phi) is 6.44. The quantitative estimate of drug-likeness (QED) is 0.364. The lowest BCUT2D eigenvalue weighted by Crippen LogP contribution is -2.10. The fourth-order valence-electron chi connectivity index (χ4n) is 3.52. The molecule has 0 amide bonds. The van der Waals surface area contributed by atoms with Crippen LogP contribution < -0.4 is 5.32 Å². The van der Waals surface area contributed by atoms with Crippen LogP contribution in [0.1, 0.15) is 45.6 Å². The third kappa shape index (κ3) is 4.53. The second-order valence-electron chi connectivity index (χ2n) is 6.99. The predicted octanol–water partition coefficient (Wildman–Crippen LogP) is 6.04. The van der Waals surface area contributed by atoms with Crippen molar-refractivity contribution in [3.63, 3.8) is 0 Å². The summed E-state index contributed by atoms with van der Waals surface area (Å²) in [5.41, 5.74) is 3.47. The van der Waals surface area contributed by atoms with Crippen molar-refractivity contribution in [3.05, 3.63) is 62.7 Å². The highest BCUT2D eigenvalue weighted by Crippen LogP contribution is 2.39. The van der Waals surface area contributed by atoms with Crippen molar-refractivity contribution in [1.29, 1.82) is 5.26 Å². The molecular weight excluding hydrogens is 433 g/mol. The van der Waals surface area contributed by atoms with Crippen molar-refractivity contribution in [2.45, 2.75) is 32.6 Å². The summed E-state index contributed by atoms with van der Waals surface area (Å²) in [6.45, 7) is 2.10. The molecule has 3 aromatic rings. The van der Waals surface area contributed by atoms with Crippen LogP contribution in [0.4, 0.5) is 9.39 Å². The van der Waals surface area contributed by atoms with Gasteiger partial charge in [0.25, 0.3) is 0 Å². The van der Waals surface area contributed by atoms with E-state index in [1.165, 1.54) is 28.3 Å². The maximum atomic E-state index is 13.2. The lowest BCUT2D eigenvalue weighted by molar-refractivity contribution is 0.0526. The maximum absolute atomic E-state index is 13.2. The van der Waals surface area contributed by atoms with Gasteiger partial charge in [0, 0.05) is 22.0 Å². The Morgan fingerprint density at radius 3 is 2.84 bits per heavy atom. The molecule has 2 heterocycles. The molecule has 158 valence electrons. The molecule has 0 radical (unpaired) electrons. The summed E-state index contributed by atoms with van der Waals surface area (Å²) in [4.78, 5) is 18.3. The number of ether oxygens (including phenoxy) is 1. The number of hydrogen-bond acceptors (Lipinski definition) is 7. The van der Waals surface area contributed by atoms with Crippen LogP contribution in [0.5, 0.6) is 0 Å². The van der Waals surface area contributed by atoms with E-state index in [1.807, 2.05) is 5.38 Å². The molecule has 31 heavy (non-hydrogen) atoms. The van der Waals surface area contributed by atoms with Crippen LogP contribution in [-0.4, -0.2) is 17.6 Å². The number of nitriles is 1. The molecule has 0 spiro atoms. The van der Waals surface area contributed by atoms with Crippen LogP contribution in [-0.2, 0) is 17.6 Å². The summed E-state index contributed by atoms with van der Waals surface area (Å²) in [6.07, 6.45) is 5.58. The van der Waals surface area contributed by atoms with Gasteiger partial charge in [-0.05, 0) is 62.4 Å². The minimum absolute atomic E-state index is 0.308. The number of thiophene rings is 1. The van der Waals surface area contributed by atoms with Gasteiger partial charge in [-0.2, -0.15) is 5.26 Å². The number of anilines is 1. The summed E-state index contributed by atoms with van der Waals surface area (Å²) in [6, 6.07) is 8.25. The first-order chi connectivity index (χ1) is 15.1. The van der Waals surface area contributed by atoms with Crippen molar-refractivity contribution >= 4 is 39.2 Å². The maximum Gasteiger partial charge on any atom is 0.341 e. The van der Waals surface area contributed by atoms with E-state index in [2.05, 4.69) is 16.4 Å². The highest BCUT2D eigenvalue weighted by atomic mass is 32.1. The molecular formula is C23H20FN3O2S2. The monoisotopic (exact) mass is 453 g/mol. The molecule has 0 unspecified atom stereocenters. The van der Waals surface area contributed by atoms with Crippen molar-refractivity contribution < 1.29 is 13.9 Å². The van der Waals surface area contributed by atoms with Gasteiger partial charge in [-0.15, -0.1) is 22.7 Å². The van der Waals surface area contributed by atoms with Crippen LogP contribution in [0, 0.1) is 17.1 Å². The standard InChI is InChI=1S/C23H20FN3O2S2/c1-2-29-23(28)20-17-5-3-4-6-19(17)31-22(20)26-12-15(11-25)21-27-18(13-30-21)14-7-9-16(24)10-8-14/h7-10,12-13,26H,2-6H2,1H3. The van der Waals surface area contributed by atoms with Crippen LogP contribution in [0.3, 0.4) is 0 Å². The van der Waals surface area contributed by atoms with E-state index in [0.29, 0.717) is 33.4 Å². The Labute approximate surface area is 187 Å². The highest BCUT2D eigenvalue weighted by Gasteiger charge is 2.26. The average molecular weight is 454 g/mol. The van der Waals surface area contributed by atoms with Gasteiger partial charge in [-0.1, -0.05) is 0 Å². The largest absolute Gasteiger partial charge is 0.462 e. The van der Waals surface area contributed by atoms with E-state index in [1.54, 1.807) is 36.6 Å². The minimum atomic E-state index is -0.329. The number of esters is 1. The van der Waals surface area contributed by atoms with Crippen molar-refractivity contribution in [2.24, 2.45) is 0 Å². The predicted molar refractivity (Wildman–Crippen MR) is 122 cm³/mol. The number of halogens is 1. The molecule has 0 saturated carbocycles. The second kappa shape index (κ2) is 9.41. The summed E-state index contributed by atoms with van der Waals surface area (Å²) in [5.74, 6) is -0.638. The fraction of sp³-hybridized carbons (Fsp3) is 0.261. The molecule has 0 bridgehead atoms. The van der Waals surface area contributed by atoms with E-state index in [-0.39, 0.29) is 11.8 Å². The van der Waals surface area contributed by atoms with E-state index >= 15 is 0 Å². The van der Waals surface area contributed by atoms with Crippen molar-refractivity contribution in [1.82, 2.24) is 4.98 Å². The lowest BCUT2D eigenvalue weighted by atomic mass is 9.95. The molecule has 0 fully saturated rings. The Balaban J connectivity index is 1.62. The van der Waals surface area contributed by atoms with Crippen LogP contribution in [0.2, 0.25) is 0 Å². The van der Waals surface area contributed by atoms with Gasteiger partial charge >= 0.3 is 5.97 Å². The molecule has 1 aromatic carbocycles. The van der Waals surface area contributed by atoms with Gasteiger partial charge in [0.1, 0.15) is 27.5 Å². The number of rotatable bonds is 6.